The summed E-state index contributed by atoms with van der Waals surface area (Å²) < 4.78 is 31.3. The quantitative estimate of drug-likeness (QED) is 0.233. The van der Waals surface area contributed by atoms with E-state index in [-0.39, 0.29) is 10.8 Å². The molecule has 0 unspecified atom stereocenters. The van der Waals surface area contributed by atoms with Crippen molar-refractivity contribution >= 4 is 41.2 Å². The summed E-state index contributed by atoms with van der Waals surface area (Å²) in [6, 6.07) is 3.45. The van der Waals surface area contributed by atoms with Gasteiger partial charge in [-0.05, 0) is 12.1 Å². The summed E-state index contributed by atoms with van der Waals surface area (Å²) in [7, 11) is 1.02. The van der Waals surface area contributed by atoms with Gasteiger partial charge in [0.2, 0.25) is 18.1 Å². The molecular formula is C19H20ClNO12. The van der Waals surface area contributed by atoms with Crippen molar-refractivity contribution in [2.24, 2.45) is 0 Å². The van der Waals surface area contributed by atoms with Gasteiger partial charge in [-0.1, -0.05) is 11.6 Å². The smallest absolute Gasteiger partial charge is 0.339 e. The topological polar surface area (TPSA) is 167 Å². The van der Waals surface area contributed by atoms with Crippen molar-refractivity contribution in [3.8, 4) is 5.75 Å². The molecule has 1 aromatic carbocycles. The van der Waals surface area contributed by atoms with Gasteiger partial charge >= 0.3 is 29.6 Å². The molecule has 14 heteroatoms. The van der Waals surface area contributed by atoms with Crippen LogP contribution in [0.4, 0.5) is 5.69 Å². The van der Waals surface area contributed by atoms with Crippen LogP contribution >= 0.6 is 11.6 Å². The van der Waals surface area contributed by atoms with Crippen molar-refractivity contribution in [3.63, 3.8) is 0 Å². The van der Waals surface area contributed by atoms with Gasteiger partial charge in [0, 0.05) is 31.9 Å². The van der Waals surface area contributed by atoms with Crippen molar-refractivity contribution in [2.45, 2.75) is 51.5 Å². The molecule has 0 N–H and O–H groups in total. The Labute approximate surface area is 191 Å². The average molecular weight is 490 g/mol. The number of halogens is 1. The Kier molecular flexibility index (Phi) is 8.54. The normalized spacial score (nSPS) is 24.2. The van der Waals surface area contributed by atoms with Crippen LogP contribution in [0.1, 0.15) is 20.8 Å². The average Bonchev–Trinajstić information content (AvgIpc) is 2.71. The van der Waals surface area contributed by atoms with E-state index in [1.807, 2.05) is 0 Å². The number of esters is 4. The molecule has 1 aliphatic heterocycles. The highest BCUT2D eigenvalue weighted by atomic mass is 35.5. The van der Waals surface area contributed by atoms with Gasteiger partial charge < -0.3 is 28.4 Å². The zero-order valence-electron chi connectivity index (χ0n) is 17.8. The zero-order valence-corrected chi connectivity index (χ0v) is 18.6. The molecule has 0 aliphatic carbocycles. The molecule has 13 nitrogen and oxygen atoms in total. The van der Waals surface area contributed by atoms with Crippen molar-refractivity contribution in [1.82, 2.24) is 0 Å². The highest BCUT2D eigenvalue weighted by molar-refractivity contribution is 6.30. The van der Waals surface area contributed by atoms with Crippen LogP contribution < -0.4 is 4.74 Å². The maximum absolute atomic E-state index is 12.4. The molecule has 1 saturated heterocycles. The lowest BCUT2D eigenvalue weighted by molar-refractivity contribution is -0.387. The van der Waals surface area contributed by atoms with Gasteiger partial charge in [-0.3, -0.25) is 24.5 Å². The number of nitrogens with zero attached hydrogens (tertiary/aromatic N) is 1. The highest BCUT2D eigenvalue weighted by Gasteiger charge is 2.56. The number of ether oxygens (including phenoxy) is 6. The number of methoxy groups -OCH3 is 1. The summed E-state index contributed by atoms with van der Waals surface area (Å²) in [6.07, 6.45) is -8.22. The Hall–Kier alpha value is -3.45. The molecular weight excluding hydrogens is 470 g/mol. The number of hydrogen-bond acceptors (Lipinski definition) is 12. The second-order valence-electron chi connectivity index (χ2n) is 6.66. The fourth-order valence-corrected chi connectivity index (χ4v) is 3.20. The van der Waals surface area contributed by atoms with E-state index in [1.54, 1.807) is 0 Å². The predicted molar refractivity (Wildman–Crippen MR) is 106 cm³/mol. The fourth-order valence-electron chi connectivity index (χ4n) is 3.03. The van der Waals surface area contributed by atoms with Crippen molar-refractivity contribution in [2.75, 3.05) is 7.11 Å². The molecule has 33 heavy (non-hydrogen) atoms. The summed E-state index contributed by atoms with van der Waals surface area (Å²) in [4.78, 5) is 58.2. The Morgan fingerprint density at radius 3 is 2.03 bits per heavy atom. The minimum Gasteiger partial charge on any atom is -0.467 e. The van der Waals surface area contributed by atoms with Crippen LogP contribution in [0.2, 0.25) is 5.02 Å². The Balaban J connectivity index is 2.58. The van der Waals surface area contributed by atoms with Crippen LogP contribution in [0.5, 0.6) is 5.75 Å². The molecule has 0 bridgehead atoms. The molecule has 1 fully saturated rings. The molecule has 0 radical (unpaired) electrons. The molecule has 2 rings (SSSR count). The first kappa shape index (κ1) is 25.8. The SMILES string of the molecule is COC(=O)[C@H]1O[C@@H](Oc2ccc(Cl)cc2[N+](=O)[O-])[C@H](OC(C)=O)[C@@H](OC(C)=O)[C@@H]1OC(C)=O. The Morgan fingerprint density at radius 2 is 1.52 bits per heavy atom. The minimum absolute atomic E-state index is 0.0373. The number of carbonyl (C=O) groups is 4. The lowest BCUT2D eigenvalue weighted by Gasteiger charge is -2.42. The molecule has 0 amide bonds. The summed E-state index contributed by atoms with van der Waals surface area (Å²) in [6.45, 7) is 3.08. The molecule has 0 spiro atoms. The largest absolute Gasteiger partial charge is 0.467 e. The van der Waals surface area contributed by atoms with Gasteiger partial charge in [-0.2, -0.15) is 0 Å². The van der Waals surface area contributed by atoms with E-state index in [2.05, 4.69) is 4.74 Å². The lowest BCUT2D eigenvalue weighted by Crippen LogP contribution is -2.64. The van der Waals surface area contributed by atoms with E-state index in [0.29, 0.717) is 0 Å². The minimum atomic E-state index is -1.73. The van der Waals surface area contributed by atoms with Crippen molar-refractivity contribution in [1.29, 1.82) is 0 Å². The van der Waals surface area contributed by atoms with E-state index >= 15 is 0 Å². The second kappa shape index (κ2) is 10.9. The molecule has 1 aromatic rings. The van der Waals surface area contributed by atoms with E-state index in [1.165, 1.54) is 6.07 Å². The van der Waals surface area contributed by atoms with Gasteiger partial charge in [0.15, 0.2) is 18.3 Å². The predicted octanol–water partition coefficient (Wildman–Crippen LogP) is 1.32. The van der Waals surface area contributed by atoms with Crippen LogP contribution in [0.15, 0.2) is 18.2 Å². The molecule has 180 valence electrons. The van der Waals surface area contributed by atoms with E-state index in [0.717, 1.165) is 40.0 Å². The van der Waals surface area contributed by atoms with E-state index < -0.39 is 65.2 Å². The van der Waals surface area contributed by atoms with Crippen LogP contribution in [0, 0.1) is 10.1 Å². The van der Waals surface area contributed by atoms with Crippen molar-refractivity contribution < 1.29 is 52.5 Å². The summed E-state index contributed by atoms with van der Waals surface area (Å²) >= 11 is 5.80. The third-order valence-electron chi connectivity index (χ3n) is 4.20. The number of benzene rings is 1. The summed E-state index contributed by atoms with van der Waals surface area (Å²) in [5, 5.41) is 11.5. The Bertz CT molecular complexity index is 951. The summed E-state index contributed by atoms with van der Waals surface area (Å²) in [5.41, 5.74) is -0.562. The van der Waals surface area contributed by atoms with Gasteiger partial charge in [-0.25, -0.2) is 4.79 Å². The van der Waals surface area contributed by atoms with E-state index in [4.69, 9.17) is 35.3 Å². The lowest BCUT2D eigenvalue weighted by atomic mass is 9.97. The molecule has 5 atom stereocenters. The first-order valence-electron chi connectivity index (χ1n) is 9.30. The van der Waals surface area contributed by atoms with Crippen LogP contribution in [0.25, 0.3) is 0 Å². The standard InChI is InChI=1S/C19H20ClNO12/c1-8(22)29-14-15(30-9(2)23)17(31-10(3)24)19(33-16(14)18(25)28-4)32-13-6-5-11(20)7-12(13)21(26)27/h5-7,14-17,19H,1-4H3/t14-,15-,16-,17+,19+/m0/s1. The van der Waals surface area contributed by atoms with Gasteiger partial charge in [0.1, 0.15) is 0 Å². The number of hydrogen-bond donors (Lipinski definition) is 0. The third-order valence-corrected chi connectivity index (χ3v) is 4.43. The summed E-state index contributed by atoms with van der Waals surface area (Å²) in [5.74, 6) is -4.03. The monoisotopic (exact) mass is 489 g/mol. The van der Waals surface area contributed by atoms with Gasteiger partial charge in [0.25, 0.3) is 0 Å². The highest BCUT2D eigenvalue weighted by Crippen LogP contribution is 2.35. The maximum Gasteiger partial charge on any atom is 0.339 e. The third kappa shape index (κ3) is 6.52. The molecule has 1 heterocycles. The van der Waals surface area contributed by atoms with Crippen molar-refractivity contribution in [3.05, 3.63) is 33.3 Å². The zero-order chi connectivity index (χ0) is 24.9. The van der Waals surface area contributed by atoms with Gasteiger partial charge in [-0.15, -0.1) is 0 Å². The maximum atomic E-state index is 12.4. The van der Waals surface area contributed by atoms with E-state index in [9.17, 15) is 29.3 Å². The van der Waals surface area contributed by atoms with Crippen LogP contribution in [0.3, 0.4) is 0 Å². The molecule has 0 saturated carbocycles. The van der Waals surface area contributed by atoms with Crippen LogP contribution in [-0.2, 0) is 42.9 Å². The number of carbonyl (C=O) groups excluding carboxylic acids is 4. The first-order chi connectivity index (χ1) is 15.4. The number of rotatable bonds is 7. The van der Waals surface area contributed by atoms with Gasteiger partial charge in [0.05, 0.1) is 12.0 Å². The molecule has 0 aromatic heterocycles. The second-order valence-corrected chi connectivity index (χ2v) is 7.09. The Morgan fingerprint density at radius 1 is 0.970 bits per heavy atom. The first-order valence-corrected chi connectivity index (χ1v) is 9.68. The van der Waals surface area contributed by atoms with Crippen LogP contribution in [-0.4, -0.2) is 66.6 Å². The number of nitro benzene ring substituents is 1. The molecule has 1 aliphatic rings. The number of nitro groups is 1. The fraction of sp³-hybridized carbons (Fsp3) is 0.474.